The van der Waals surface area contributed by atoms with Crippen LogP contribution in [0.2, 0.25) is 0 Å². The zero-order valence-electron chi connectivity index (χ0n) is 17.5. The highest BCUT2D eigenvalue weighted by molar-refractivity contribution is 6.22. The Hall–Kier alpha value is -3.21. The van der Waals surface area contributed by atoms with Gasteiger partial charge in [0.05, 0.1) is 17.5 Å². The Morgan fingerprint density at radius 3 is 2.53 bits per heavy atom. The van der Waals surface area contributed by atoms with E-state index in [1.54, 1.807) is 30.3 Å². The number of hydrogen-bond acceptors (Lipinski definition) is 4. The number of amides is 2. The number of allylic oxidation sites excluding steroid dienone is 2. The number of ether oxygens (including phenoxy) is 1. The highest BCUT2D eigenvalue weighted by atomic mass is 16.5. The first-order valence-corrected chi connectivity index (χ1v) is 10.2. The van der Waals surface area contributed by atoms with Crippen LogP contribution < -0.4 is 9.64 Å². The monoisotopic (exact) mass is 403 g/mol. The van der Waals surface area contributed by atoms with Crippen LogP contribution in [0.5, 0.6) is 5.75 Å². The first-order chi connectivity index (χ1) is 14.3. The molecule has 2 aliphatic rings. The van der Waals surface area contributed by atoms with Gasteiger partial charge in [-0.1, -0.05) is 29.8 Å². The van der Waals surface area contributed by atoms with Crippen molar-refractivity contribution in [1.82, 2.24) is 0 Å². The summed E-state index contributed by atoms with van der Waals surface area (Å²) >= 11 is 0. The molecule has 5 nitrogen and oxygen atoms in total. The first kappa shape index (κ1) is 20.1. The lowest BCUT2D eigenvalue weighted by atomic mass is 9.82. The number of benzene rings is 2. The number of ketones is 1. The van der Waals surface area contributed by atoms with Crippen molar-refractivity contribution in [2.75, 3.05) is 11.5 Å². The van der Waals surface area contributed by atoms with E-state index in [1.807, 2.05) is 39.0 Å². The van der Waals surface area contributed by atoms with Crippen LogP contribution >= 0.6 is 0 Å². The third kappa shape index (κ3) is 3.67. The molecule has 2 aromatic carbocycles. The average Bonchev–Trinajstić information content (AvgIpc) is 2.98. The van der Waals surface area contributed by atoms with Crippen molar-refractivity contribution in [3.63, 3.8) is 0 Å². The second kappa shape index (κ2) is 7.90. The lowest BCUT2D eigenvalue weighted by Gasteiger charge is -2.18. The lowest BCUT2D eigenvalue weighted by molar-refractivity contribution is -0.122. The summed E-state index contributed by atoms with van der Waals surface area (Å²) in [5.74, 6) is -0.535. The number of rotatable bonds is 5. The molecule has 0 saturated carbocycles. The minimum Gasteiger partial charge on any atom is -0.485 e. The molecule has 2 unspecified atom stereocenters. The van der Waals surface area contributed by atoms with Crippen molar-refractivity contribution in [3.05, 3.63) is 70.8 Å². The fourth-order valence-corrected chi connectivity index (χ4v) is 4.15. The number of hydrogen-bond donors (Lipinski definition) is 0. The normalized spacial score (nSPS) is 20.8. The largest absolute Gasteiger partial charge is 0.485 e. The van der Waals surface area contributed by atoms with Crippen molar-refractivity contribution >= 4 is 23.3 Å². The Kier molecular flexibility index (Phi) is 5.29. The van der Waals surface area contributed by atoms with Crippen LogP contribution in [0.3, 0.4) is 0 Å². The molecule has 2 atom stereocenters. The summed E-state index contributed by atoms with van der Waals surface area (Å²) < 4.78 is 5.69. The summed E-state index contributed by atoms with van der Waals surface area (Å²) in [4.78, 5) is 39.5. The van der Waals surface area contributed by atoms with Crippen LogP contribution in [-0.2, 0) is 9.59 Å². The number of Topliss-reactive ketones (excluding diaryl/α,β-unsaturated/α-hetero) is 1. The summed E-state index contributed by atoms with van der Waals surface area (Å²) in [6.07, 6.45) is 3.29. The Morgan fingerprint density at radius 1 is 1.00 bits per heavy atom. The summed E-state index contributed by atoms with van der Waals surface area (Å²) in [6.45, 7) is 5.86. The van der Waals surface area contributed by atoms with E-state index in [9.17, 15) is 14.4 Å². The standard InChI is InChI=1S/C25H25NO4/c1-15-7-10-21-22(11-15)25(29)26(24(21)28)19-5-4-6-20(13-19)30-14-23(27)18-9-8-16(2)17(3)12-18/h4-9,12-13,21-22H,10-11,14H2,1-3H3. The lowest BCUT2D eigenvalue weighted by Crippen LogP contribution is -2.30. The number of imide groups is 1. The van der Waals surface area contributed by atoms with Gasteiger partial charge in [0.2, 0.25) is 11.8 Å². The number of aryl methyl sites for hydroxylation is 2. The summed E-state index contributed by atoms with van der Waals surface area (Å²) in [7, 11) is 0. The molecule has 154 valence electrons. The predicted molar refractivity (Wildman–Crippen MR) is 115 cm³/mol. The smallest absolute Gasteiger partial charge is 0.238 e. The summed E-state index contributed by atoms with van der Waals surface area (Å²) in [6, 6.07) is 12.4. The molecular weight excluding hydrogens is 378 g/mol. The molecule has 4 rings (SSSR count). The second-order valence-corrected chi connectivity index (χ2v) is 8.22. The fourth-order valence-electron chi connectivity index (χ4n) is 4.15. The van der Waals surface area contributed by atoms with Gasteiger partial charge >= 0.3 is 0 Å². The maximum Gasteiger partial charge on any atom is 0.238 e. The molecule has 0 radical (unpaired) electrons. The van der Waals surface area contributed by atoms with E-state index in [0.29, 0.717) is 29.8 Å². The number of anilines is 1. The molecule has 1 aliphatic heterocycles. The van der Waals surface area contributed by atoms with Gasteiger partial charge in [-0.15, -0.1) is 0 Å². The third-order valence-electron chi connectivity index (χ3n) is 6.10. The van der Waals surface area contributed by atoms with E-state index in [-0.39, 0.29) is 36.0 Å². The first-order valence-electron chi connectivity index (χ1n) is 10.2. The zero-order chi connectivity index (χ0) is 21.4. The molecule has 5 heteroatoms. The molecule has 1 saturated heterocycles. The van der Waals surface area contributed by atoms with E-state index >= 15 is 0 Å². The maximum absolute atomic E-state index is 12.9. The van der Waals surface area contributed by atoms with Crippen molar-refractivity contribution in [2.24, 2.45) is 11.8 Å². The number of fused-ring (bicyclic) bond motifs is 1. The van der Waals surface area contributed by atoms with Crippen LogP contribution in [0, 0.1) is 25.7 Å². The van der Waals surface area contributed by atoms with Gasteiger partial charge < -0.3 is 4.74 Å². The molecule has 30 heavy (non-hydrogen) atoms. The van der Waals surface area contributed by atoms with Gasteiger partial charge in [-0.05, 0) is 62.9 Å². The minimum absolute atomic E-state index is 0.109. The Morgan fingerprint density at radius 2 is 1.77 bits per heavy atom. The van der Waals surface area contributed by atoms with E-state index in [0.717, 1.165) is 16.7 Å². The molecule has 0 bridgehead atoms. The average molecular weight is 403 g/mol. The van der Waals surface area contributed by atoms with E-state index in [4.69, 9.17) is 4.74 Å². The minimum atomic E-state index is -0.280. The van der Waals surface area contributed by atoms with E-state index in [1.165, 1.54) is 4.90 Å². The van der Waals surface area contributed by atoms with Crippen LogP contribution in [-0.4, -0.2) is 24.2 Å². The number of carbonyl (C=O) groups is 3. The maximum atomic E-state index is 12.9. The van der Waals surface area contributed by atoms with Crippen LogP contribution in [0.4, 0.5) is 5.69 Å². The molecular formula is C25H25NO4. The molecule has 1 aliphatic carbocycles. The van der Waals surface area contributed by atoms with Gasteiger partial charge in [0, 0.05) is 11.6 Å². The van der Waals surface area contributed by atoms with Crippen molar-refractivity contribution < 1.29 is 19.1 Å². The zero-order valence-corrected chi connectivity index (χ0v) is 17.5. The second-order valence-electron chi connectivity index (χ2n) is 8.22. The molecule has 1 heterocycles. The van der Waals surface area contributed by atoms with Gasteiger partial charge in [0.25, 0.3) is 0 Å². The Bertz CT molecular complexity index is 1070. The van der Waals surface area contributed by atoms with E-state index in [2.05, 4.69) is 0 Å². The van der Waals surface area contributed by atoms with Crippen LogP contribution in [0.15, 0.2) is 54.1 Å². The van der Waals surface area contributed by atoms with Crippen molar-refractivity contribution in [3.8, 4) is 5.75 Å². The van der Waals surface area contributed by atoms with Crippen molar-refractivity contribution in [1.29, 1.82) is 0 Å². The molecule has 0 aromatic heterocycles. The Balaban J connectivity index is 1.48. The predicted octanol–water partition coefficient (Wildman–Crippen LogP) is 4.41. The number of nitrogens with zero attached hydrogens (tertiary/aromatic N) is 1. The molecule has 2 aromatic rings. The van der Waals surface area contributed by atoms with Crippen LogP contribution in [0.1, 0.15) is 41.3 Å². The van der Waals surface area contributed by atoms with Gasteiger partial charge in [0.1, 0.15) is 5.75 Å². The van der Waals surface area contributed by atoms with Gasteiger partial charge in [-0.3, -0.25) is 14.4 Å². The molecule has 0 N–H and O–H groups in total. The third-order valence-corrected chi connectivity index (χ3v) is 6.10. The Labute approximate surface area is 176 Å². The van der Waals surface area contributed by atoms with Crippen molar-refractivity contribution in [2.45, 2.75) is 33.6 Å². The highest BCUT2D eigenvalue weighted by Gasteiger charge is 2.48. The van der Waals surface area contributed by atoms with Crippen LogP contribution in [0.25, 0.3) is 0 Å². The van der Waals surface area contributed by atoms with Gasteiger partial charge in [0.15, 0.2) is 12.4 Å². The van der Waals surface area contributed by atoms with E-state index < -0.39 is 0 Å². The molecule has 2 amide bonds. The summed E-state index contributed by atoms with van der Waals surface area (Å²) in [5.41, 5.74) is 4.44. The fraction of sp³-hybridized carbons (Fsp3) is 0.320. The number of carbonyl (C=O) groups excluding carboxylic acids is 3. The summed E-state index contributed by atoms with van der Waals surface area (Å²) in [5, 5.41) is 0. The van der Waals surface area contributed by atoms with Gasteiger partial charge in [-0.2, -0.15) is 0 Å². The quantitative estimate of drug-likeness (QED) is 0.421. The molecule has 0 spiro atoms. The van der Waals surface area contributed by atoms with Gasteiger partial charge in [-0.25, -0.2) is 4.90 Å². The molecule has 1 fully saturated rings. The highest BCUT2D eigenvalue weighted by Crippen LogP contribution is 2.40. The topological polar surface area (TPSA) is 63.7 Å². The SMILES string of the molecule is CC1=CCC2C(=O)N(c3cccc(OCC(=O)c4ccc(C)c(C)c4)c3)C(=O)C2C1.